The molecule has 2 aromatic rings. The normalized spacial score (nSPS) is 13.4. The SMILES string of the molecule is COc1cc(Cl)ccc1CN=C(N)Nc1ccc2c(c1)OCCCO2.I. The van der Waals surface area contributed by atoms with Crippen LogP contribution < -0.4 is 25.3 Å². The highest BCUT2D eigenvalue weighted by molar-refractivity contribution is 14.0. The van der Waals surface area contributed by atoms with Crippen LogP contribution in [0.2, 0.25) is 5.02 Å². The molecule has 0 unspecified atom stereocenters. The summed E-state index contributed by atoms with van der Waals surface area (Å²) in [6.45, 7) is 1.67. The molecular formula is C18H21ClIN3O3. The predicted molar refractivity (Wildman–Crippen MR) is 114 cm³/mol. The number of benzene rings is 2. The highest BCUT2D eigenvalue weighted by Crippen LogP contribution is 2.32. The van der Waals surface area contributed by atoms with Crippen molar-refractivity contribution in [2.24, 2.45) is 10.7 Å². The second kappa shape index (κ2) is 9.72. The molecule has 140 valence electrons. The maximum absolute atomic E-state index is 5.98. The molecule has 0 aromatic heterocycles. The van der Waals surface area contributed by atoms with Crippen molar-refractivity contribution < 1.29 is 14.2 Å². The van der Waals surface area contributed by atoms with Gasteiger partial charge in [0.05, 0.1) is 26.9 Å². The lowest BCUT2D eigenvalue weighted by Gasteiger charge is -2.11. The van der Waals surface area contributed by atoms with Crippen molar-refractivity contribution in [2.75, 3.05) is 25.6 Å². The number of halogens is 2. The third-order valence-corrected chi connectivity index (χ3v) is 3.92. The minimum atomic E-state index is 0. The number of nitrogens with two attached hydrogens (primary N) is 1. The average Bonchev–Trinajstić information content (AvgIpc) is 2.85. The van der Waals surface area contributed by atoms with Crippen LogP contribution in [-0.4, -0.2) is 26.3 Å². The highest BCUT2D eigenvalue weighted by Gasteiger charge is 2.11. The summed E-state index contributed by atoms with van der Waals surface area (Å²) >= 11 is 5.96. The molecule has 1 aliphatic heterocycles. The number of nitrogens with one attached hydrogen (secondary N) is 1. The van der Waals surface area contributed by atoms with Crippen molar-refractivity contribution in [1.82, 2.24) is 0 Å². The summed E-state index contributed by atoms with van der Waals surface area (Å²) in [6, 6.07) is 11.0. The number of aliphatic imine (C=N–C) groups is 1. The molecule has 0 radical (unpaired) electrons. The van der Waals surface area contributed by atoms with E-state index >= 15 is 0 Å². The third kappa shape index (κ3) is 5.31. The molecule has 1 heterocycles. The Labute approximate surface area is 174 Å². The lowest BCUT2D eigenvalue weighted by atomic mass is 10.2. The number of anilines is 1. The molecule has 0 saturated heterocycles. The van der Waals surface area contributed by atoms with Gasteiger partial charge < -0.3 is 25.3 Å². The van der Waals surface area contributed by atoms with Gasteiger partial charge in [-0.2, -0.15) is 0 Å². The van der Waals surface area contributed by atoms with Crippen LogP contribution in [0.1, 0.15) is 12.0 Å². The van der Waals surface area contributed by atoms with Crippen molar-refractivity contribution in [3.63, 3.8) is 0 Å². The van der Waals surface area contributed by atoms with Gasteiger partial charge in [0.2, 0.25) is 0 Å². The summed E-state index contributed by atoms with van der Waals surface area (Å²) in [4.78, 5) is 4.35. The zero-order valence-electron chi connectivity index (χ0n) is 14.3. The fraction of sp³-hybridized carbons (Fsp3) is 0.278. The molecule has 8 heteroatoms. The number of nitrogens with zero attached hydrogens (tertiary/aromatic N) is 1. The van der Waals surface area contributed by atoms with Gasteiger partial charge in [0.15, 0.2) is 17.5 Å². The van der Waals surface area contributed by atoms with Gasteiger partial charge in [-0.05, 0) is 24.3 Å². The molecule has 3 rings (SSSR count). The molecule has 0 aliphatic carbocycles. The molecule has 0 bridgehead atoms. The Bertz CT molecular complexity index is 786. The molecule has 0 fully saturated rings. The van der Waals surface area contributed by atoms with Crippen LogP contribution in [-0.2, 0) is 6.54 Å². The van der Waals surface area contributed by atoms with Crippen LogP contribution in [0.5, 0.6) is 17.2 Å². The Balaban J connectivity index is 0.00000243. The summed E-state index contributed by atoms with van der Waals surface area (Å²) in [7, 11) is 1.60. The number of rotatable bonds is 4. The first-order valence-corrected chi connectivity index (χ1v) is 8.32. The Kier molecular flexibility index (Phi) is 7.65. The minimum absolute atomic E-state index is 0. The summed E-state index contributed by atoms with van der Waals surface area (Å²) in [5, 5.41) is 3.67. The van der Waals surface area contributed by atoms with E-state index in [1.54, 1.807) is 19.2 Å². The summed E-state index contributed by atoms with van der Waals surface area (Å²) < 4.78 is 16.6. The van der Waals surface area contributed by atoms with Crippen LogP contribution in [0.25, 0.3) is 0 Å². The Morgan fingerprint density at radius 1 is 1.19 bits per heavy atom. The molecule has 0 atom stereocenters. The summed E-state index contributed by atoms with van der Waals surface area (Å²) in [5.74, 6) is 2.42. The van der Waals surface area contributed by atoms with Crippen molar-refractivity contribution in [1.29, 1.82) is 0 Å². The second-order valence-electron chi connectivity index (χ2n) is 5.49. The lowest BCUT2D eigenvalue weighted by molar-refractivity contribution is 0.297. The molecule has 26 heavy (non-hydrogen) atoms. The first kappa shape index (κ1) is 20.4. The topological polar surface area (TPSA) is 78.1 Å². The van der Waals surface area contributed by atoms with E-state index in [1.165, 1.54) is 0 Å². The largest absolute Gasteiger partial charge is 0.496 e. The van der Waals surface area contributed by atoms with Crippen molar-refractivity contribution in [3.8, 4) is 17.2 Å². The fourth-order valence-corrected chi connectivity index (χ4v) is 2.61. The first-order valence-electron chi connectivity index (χ1n) is 7.95. The second-order valence-corrected chi connectivity index (χ2v) is 5.93. The van der Waals surface area contributed by atoms with Gasteiger partial charge in [0.1, 0.15) is 5.75 Å². The number of fused-ring (bicyclic) bond motifs is 1. The van der Waals surface area contributed by atoms with Gasteiger partial charge in [-0.3, -0.25) is 0 Å². The van der Waals surface area contributed by atoms with E-state index in [1.807, 2.05) is 24.3 Å². The number of hydrogen-bond acceptors (Lipinski definition) is 4. The van der Waals surface area contributed by atoms with E-state index in [2.05, 4.69) is 10.3 Å². The molecule has 6 nitrogen and oxygen atoms in total. The average molecular weight is 490 g/mol. The molecule has 0 spiro atoms. The number of methoxy groups -OCH3 is 1. The zero-order valence-corrected chi connectivity index (χ0v) is 17.4. The molecule has 1 aliphatic rings. The van der Waals surface area contributed by atoms with Crippen molar-refractivity contribution in [3.05, 3.63) is 47.0 Å². The quantitative estimate of drug-likeness (QED) is 0.385. The van der Waals surface area contributed by atoms with Gasteiger partial charge in [-0.25, -0.2) is 4.99 Å². The molecule has 0 amide bonds. The van der Waals surface area contributed by atoms with Crippen LogP contribution in [0.15, 0.2) is 41.4 Å². The Morgan fingerprint density at radius 3 is 2.73 bits per heavy atom. The van der Waals surface area contributed by atoms with Gasteiger partial charge in [-0.1, -0.05) is 17.7 Å². The first-order chi connectivity index (χ1) is 12.2. The van der Waals surface area contributed by atoms with E-state index in [0.717, 1.165) is 23.4 Å². The van der Waals surface area contributed by atoms with Gasteiger partial charge in [0, 0.05) is 28.8 Å². The maximum atomic E-state index is 5.98. The monoisotopic (exact) mass is 489 g/mol. The molecule has 3 N–H and O–H groups in total. The predicted octanol–water partition coefficient (Wildman–Crippen LogP) is 4.05. The van der Waals surface area contributed by atoms with Crippen LogP contribution in [0.3, 0.4) is 0 Å². The van der Waals surface area contributed by atoms with E-state index in [-0.39, 0.29) is 24.0 Å². The summed E-state index contributed by atoms with van der Waals surface area (Å²) in [6.07, 6.45) is 0.865. The van der Waals surface area contributed by atoms with Crippen LogP contribution >= 0.6 is 35.6 Å². The molecule has 0 saturated carbocycles. The summed E-state index contributed by atoms with van der Waals surface area (Å²) in [5.41, 5.74) is 7.67. The number of hydrogen-bond donors (Lipinski definition) is 2. The standard InChI is InChI=1S/C18H20ClN3O3.HI/c1-23-16-9-13(19)4-3-12(16)11-21-18(20)22-14-5-6-15-17(10-14)25-8-2-7-24-15;/h3-6,9-10H,2,7-8,11H2,1H3,(H3,20,21,22);1H. The minimum Gasteiger partial charge on any atom is -0.496 e. The van der Waals surface area contributed by atoms with Gasteiger partial charge in [-0.15, -0.1) is 24.0 Å². The number of ether oxygens (including phenoxy) is 3. The van der Waals surface area contributed by atoms with Crippen LogP contribution in [0, 0.1) is 0 Å². The third-order valence-electron chi connectivity index (χ3n) is 3.69. The highest BCUT2D eigenvalue weighted by atomic mass is 127. The Morgan fingerprint density at radius 2 is 1.96 bits per heavy atom. The maximum Gasteiger partial charge on any atom is 0.193 e. The van der Waals surface area contributed by atoms with Crippen molar-refractivity contribution in [2.45, 2.75) is 13.0 Å². The van der Waals surface area contributed by atoms with Gasteiger partial charge >= 0.3 is 0 Å². The smallest absolute Gasteiger partial charge is 0.193 e. The Hall–Kier alpha value is -1.87. The van der Waals surface area contributed by atoms with Gasteiger partial charge in [0.25, 0.3) is 0 Å². The van der Waals surface area contributed by atoms with E-state index in [4.69, 9.17) is 31.5 Å². The lowest BCUT2D eigenvalue weighted by Crippen LogP contribution is -2.22. The fourth-order valence-electron chi connectivity index (χ4n) is 2.45. The molecule has 2 aromatic carbocycles. The zero-order chi connectivity index (χ0) is 17.6. The number of guanidine groups is 1. The van der Waals surface area contributed by atoms with E-state index in [9.17, 15) is 0 Å². The van der Waals surface area contributed by atoms with E-state index in [0.29, 0.717) is 42.2 Å². The van der Waals surface area contributed by atoms with Crippen molar-refractivity contribution >= 4 is 47.2 Å². The van der Waals surface area contributed by atoms with E-state index < -0.39 is 0 Å². The van der Waals surface area contributed by atoms with Crippen LogP contribution in [0.4, 0.5) is 5.69 Å². The molecular weight excluding hydrogens is 469 g/mol.